The lowest BCUT2D eigenvalue weighted by Gasteiger charge is -2.33. The summed E-state index contributed by atoms with van der Waals surface area (Å²) in [6, 6.07) is 16.9. The summed E-state index contributed by atoms with van der Waals surface area (Å²) >= 11 is 0. The van der Waals surface area contributed by atoms with Gasteiger partial charge in [0.25, 0.3) is 0 Å². The van der Waals surface area contributed by atoms with Crippen LogP contribution in [0.1, 0.15) is 62.5 Å². The zero-order valence-corrected chi connectivity index (χ0v) is 17.6. The minimum absolute atomic E-state index is 0.0893. The molecule has 1 aromatic heterocycles. The van der Waals surface area contributed by atoms with Crippen LogP contribution < -0.4 is 5.32 Å². The first kappa shape index (κ1) is 20.5. The van der Waals surface area contributed by atoms with Crippen molar-refractivity contribution in [1.82, 2.24) is 10.3 Å². The zero-order valence-electron chi connectivity index (χ0n) is 17.6. The van der Waals surface area contributed by atoms with Gasteiger partial charge in [-0.25, -0.2) is 4.39 Å². The fourth-order valence-electron chi connectivity index (χ4n) is 4.79. The molecule has 0 bridgehead atoms. The lowest BCUT2D eigenvalue weighted by Crippen LogP contribution is -2.41. The molecule has 0 spiro atoms. The van der Waals surface area contributed by atoms with E-state index < -0.39 is 0 Å². The third-order valence-corrected chi connectivity index (χ3v) is 6.72. The highest BCUT2D eigenvalue weighted by molar-refractivity contribution is 5.83. The summed E-state index contributed by atoms with van der Waals surface area (Å²) in [5.74, 6) is 0.613. The van der Waals surface area contributed by atoms with E-state index >= 15 is 0 Å². The second-order valence-electron chi connectivity index (χ2n) is 8.60. The van der Waals surface area contributed by atoms with Gasteiger partial charge >= 0.3 is 0 Å². The van der Waals surface area contributed by atoms with E-state index in [-0.39, 0.29) is 23.7 Å². The lowest BCUT2D eigenvalue weighted by molar-refractivity contribution is -0.123. The Bertz CT molecular complexity index is 1010. The molecule has 1 heterocycles. The molecule has 0 radical (unpaired) electrons. The molecule has 1 aliphatic carbocycles. The van der Waals surface area contributed by atoms with Crippen LogP contribution in [0.25, 0.3) is 10.9 Å². The molecular weight excluding hydrogens is 375 g/mol. The number of halogens is 1. The molecule has 156 valence electrons. The third kappa shape index (κ3) is 4.38. The number of fused-ring (bicyclic) bond motifs is 1. The number of rotatable bonds is 5. The van der Waals surface area contributed by atoms with Crippen molar-refractivity contribution in [2.45, 2.75) is 57.4 Å². The number of aromatic nitrogens is 1. The van der Waals surface area contributed by atoms with Gasteiger partial charge < -0.3 is 5.32 Å². The Kier molecular flexibility index (Phi) is 6.12. The van der Waals surface area contributed by atoms with E-state index in [2.05, 4.69) is 17.2 Å². The van der Waals surface area contributed by atoms with E-state index in [0.29, 0.717) is 11.8 Å². The predicted octanol–water partition coefficient (Wildman–Crippen LogP) is 5.96. The number of benzene rings is 2. The molecule has 0 aliphatic heterocycles. The van der Waals surface area contributed by atoms with E-state index in [1.807, 2.05) is 49.5 Å². The molecule has 1 N–H and O–H groups in total. The maximum atomic E-state index is 13.8. The number of carbonyl (C=O) groups is 1. The van der Waals surface area contributed by atoms with Crippen molar-refractivity contribution < 1.29 is 9.18 Å². The Labute approximate surface area is 177 Å². The van der Waals surface area contributed by atoms with Gasteiger partial charge in [0.05, 0.1) is 11.4 Å². The monoisotopic (exact) mass is 404 g/mol. The molecule has 4 rings (SSSR count). The minimum atomic E-state index is -0.214. The molecule has 4 heteroatoms. The smallest absolute Gasteiger partial charge is 0.227 e. The number of pyridine rings is 1. The van der Waals surface area contributed by atoms with Crippen LogP contribution in [0, 0.1) is 11.7 Å². The highest BCUT2D eigenvalue weighted by Crippen LogP contribution is 2.39. The van der Waals surface area contributed by atoms with Crippen LogP contribution in [-0.4, -0.2) is 16.9 Å². The molecule has 1 amide bonds. The summed E-state index contributed by atoms with van der Waals surface area (Å²) in [7, 11) is 0. The van der Waals surface area contributed by atoms with E-state index in [4.69, 9.17) is 0 Å². The van der Waals surface area contributed by atoms with Gasteiger partial charge in [-0.1, -0.05) is 30.3 Å². The molecule has 1 saturated carbocycles. The molecule has 0 unspecified atom stereocenters. The Morgan fingerprint density at radius 1 is 1.03 bits per heavy atom. The van der Waals surface area contributed by atoms with Crippen molar-refractivity contribution in [2.75, 3.05) is 0 Å². The summed E-state index contributed by atoms with van der Waals surface area (Å²) < 4.78 is 13.8. The minimum Gasteiger partial charge on any atom is -0.353 e. The first-order valence-electron chi connectivity index (χ1n) is 10.9. The van der Waals surface area contributed by atoms with Crippen LogP contribution in [0.3, 0.4) is 0 Å². The van der Waals surface area contributed by atoms with E-state index in [1.54, 1.807) is 12.1 Å². The molecule has 1 aliphatic rings. The van der Waals surface area contributed by atoms with E-state index in [1.165, 1.54) is 11.6 Å². The Hall–Kier alpha value is -2.75. The van der Waals surface area contributed by atoms with Crippen LogP contribution >= 0.6 is 0 Å². The van der Waals surface area contributed by atoms with Crippen molar-refractivity contribution >= 4 is 16.8 Å². The number of nitrogens with one attached hydrogen (secondary N) is 1. The molecule has 2 atom stereocenters. The molecule has 2 aromatic carbocycles. The normalized spacial score (nSPS) is 21.2. The SMILES string of the molecule is C[C@@H](C(=O)N[C@H](C)C1CCC(c2ccnc3ccc(F)cc23)CC1)c1ccccc1. The average molecular weight is 405 g/mol. The number of amides is 1. The van der Waals surface area contributed by atoms with Crippen LogP contribution in [0.15, 0.2) is 60.8 Å². The Morgan fingerprint density at radius 3 is 2.50 bits per heavy atom. The Balaban J connectivity index is 1.38. The zero-order chi connectivity index (χ0) is 21.1. The molecule has 1 fully saturated rings. The maximum Gasteiger partial charge on any atom is 0.227 e. The summed E-state index contributed by atoms with van der Waals surface area (Å²) in [6.45, 7) is 4.08. The van der Waals surface area contributed by atoms with Gasteiger partial charge in [-0.05, 0) is 86.8 Å². The van der Waals surface area contributed by atoms with Gasteiger partial charge in [0.2, 0.25) is 5.91 Å². The largest absolute Gasteiger partial charge is 0.353 e. The van der Waals surface area contributed by atoms with Crippen molar-refractivity contribution in [3.63, 3.8) is 0 Å². The quantitative estimate of drug-likeness (QED) is 0.570. The standard InChI is InChI=1S/C26H29FN2O/c1-17(19-6-4-3-5-7-19)26(30)29-18(2)20-8-10-21(11-9-20)23-14-15-28-25-13-12-22(27)16-24(23)25/h3-7,12-18,20-21H,8-11H2,1-2H3,(H,29,30)/t17-,18-,20?,21?/m1/s1. The molecule has 0 saturated heterocycles. The number of nitrogens with zero attached hydrogens (tertiary/aromatic N) is 1. The van der Waals surface area contributed by atoms with Crippen LogP contribution in [0.2, 0.25) is 0 Å². The fraction of sp³-hybridized carbons (Fsp3) is 0.385. The van der Waals surface area contributed by atoms with E-state index in [9.17, 15) is 9.18 Å². The molecule has 30 heavy (non-hydrogen) atoms. The highest BCUT2D eigenvalue weighted by atomic mass is 19.1. The third-order valence-electron chi connectivity index (χ3n) is 6.72. The van der Waals surface area contributed by atoms with Gasteiger partial charge in [0.15, 0.2) is 0 Å². The van der Waals surface area contributed by atoms with Gasteiger partial charge in [-0.2, -0.15) is 0 Å². The number of hydrogen-bond donors (Lipinski definition) is 1. The number of hydrogen-bond acceptors (Lipinski definition) is 2. The van der Waals surface area contributed by atoms with E-state index in [0.717, 1.165) is 42.1 Å². The van der Waals surface area contributed by atoms with Crippen LogP contribution in [0.4, 0.5) is 4.39 Å². The predicted molar refractivity (Wildman–Crippen MR) is 119 cm³/mol. The van der Waals surface area contributed by atoms with Crippen molar-refractivity contribution in [3.05, 3.63) is 77.7 Å². The summed E-state index contributed by atoms with van der Waals surface area (Å²) in [5.41, 5.74) is 3.10. The average Bonchev–Trinajstić information content (AvgIpc) is 2.78. The van der Waals surface area contributed by atoms with Crippen molar-refractivity contribution in [2.24, 2.45) is 5.92 Å². The maximum absolute atomic E-state index is 13.8. The Morgan fingerprint density at radius 2 is 1.77 bits per heavy atom. The van der Waals surface area contributed by atoms with Gasteiger partial charge in [0, 0.05) is 17.6 Å². The summed E-state index contributed by atoms with van der Waals surface area (Å²) in [4.78, 5) is 17.1. The first-order valence-corrected chi connectivity index (χ1v) is 10.9. The lowest BCUT2D eigenvalue weighted by atomic mass is 9.75. The molecule has 3 nitrogen and oxygen atoms in total. The topological polar surface area (TPSA) is 42.0 Å². The van der Waals surface area contributed by atoms with Crippen LogP contribution in [-0.2, 0) is 4.79 Å². The first-order chi connectivity index (χ1) is 14.5. The summed E-state index contributed by atoms with van der Waals surface area (Å²) in [6.07, 6.45) is 6.05. The van der Waals surface area contributed by atoms with Crippen LogP contribution in [0.5, 0.6) is 0 Å². The van der Waals surface area contributed by atoms with Crippen molar-refractivity contribution in [1.29, 1.82) is 0 Å². The second-order valence-corrected chi connectivity index (χ2v) is 8.60. The van der Waals surface area contributed by atoms with Gasteiger partial charge in [-0.3, -0.25) is 9.78 Å². The van der Waals surface area contributed by atoms with Gasteiger partial charge in [0.1, 0.15) is 5.82 Å². The highest BCUT2D eigenvalue weighted by Gasteiger charge is 2.28. The molecule has 3 aromatic rings. The summed E-state index contributed by atoms with van der Waals surface area (Å²) in [5, 5.41) is 4.17. The number of carbonyl (C=O) groups excluding carboxylic acids is 1. The molecular formula is C26H29FN2O. The van der Waals surface area contributed by atoms with Gasteiger partial charge in [-0.15, -0.1) is 0 Å². The fourth-order valence-corrected chi connectivity index (χ4v) is 4.79. The second kappa shape index (κ2) is 8.95. The van der Waals surface area contributed by atoms with Crippen molar-refractivity contribution in [3.8, 4) is 0 Å².